The maximum atomic E-state index is 5.04. The molecule has 0 spiro atoms. The molecule has 0 atom stereocenters. The zero-order valence-corrected chi connectivity index (χ0v) is 36.1. The van der Waals surface area contributed by atoms with Gasteiger partial charge in [-0.25, -0.2) is 29.9 Å². The van der Waals surface area contributed by atoms with Crippen LogP contribution in [0.5, 0.6) is 0 Å². The van der Waals surface area contributed by atoms with Gasteiger partial charge in [-0.3, -0.25) is 0 Å². The van der Waals surface area contributed by atoms with Crippen LogP contribution in [0.4, 0.5) is 0 Å². The van der Waals surface area contributed by atoms with E-state index in [1.807, 2.05) is 121 Å². The third-order valence-electron chi connectivity index (χ3n) is 12.1. The lowest BCUT2D eigenvalue weighted by atomic mass is 9.91. The van der Waals surface area contributed by atoms with Gasteiger partial charge in [0.1, 0.15) is 0 Å². The van der Waals surface area contributed by atoms with E-state index in [9.17, 15) is 0 Å². The van der Waals surface area contributed by atoms with Crippen molar-refractivity contribution in [3.8, 4) is 96.3 Å². The second kappa shape index (κ2) is 17.1. The number of aromatic nitrogens is 7. The Labute approximate surface area is 387 Å². The zero-order chi connectivity index (χ0) is 44.5. The van der Waals surface area contributed by atoms with Crippen LogP contribution in [-0.2, 0) is 0 Å². The van der Waals surface area contributed by atoms with E-state index < -0.39 is 0 Å². The molecule has 7 nitrogen and oxygen atoms in total. The molecule has 0 amide bonds. The Morgan fingerprint density at radius 1 is 0.239 bits per heavy atom. The number of hydrogen-bond donors (Lipinski definition) is 0. The van der Waals surface area contributed by atoms with Crippen molar-refractivity contribution >= 4 is 21.8 Å². The molecule has 9 aromatic carbocycles. The molecule has 0 aliphatic carbocycles. The summed E-state index contributed by atoms with van der Waals surface area (Å²) >= 11 is 0. The average Bonchev–Trinajstić information content (AvgIpc) is 3.76. The van der Waals surface area contributed by atoms with Gasteiger partial charge in [-0.15, -0.1) is 0 Å². The van der Waals surface area contributed by atoms with Crippen molar-refractivity contribution in [1.29, 1.82) is 0 Å². The maximum absolute atomic E-state index is 5.04. The van der Waals surface area contributed by atoms with Gasteiger partial charge in [0.05, 0.1) is 11.0 Å². The molecule has 0 saturated carbocycles. The molecule has 0 aliphatic heterocycles. The smallest absolute Gasteiger partial charge is 0.164 e. The maximum Gasteiger partial charge on any atom is 0.164 e. The summed E-state index contributed by atoms with van der Waals surface area (Å²) in [5, 5.41) is 2.36. The number of rotatable bonds is 9. The van der Waals surface area contributed by atoms with E-state index in [1.54, 1.807) is 0 Å². The van der Waals surface area contributed by atoms with Gasteiger partial charge in [-0.2, -0.15) is 0 Å². The van der Waals surface area contributed by atoms with Crippen molar-refractivity contribution in [3.05, 3.63) is 237 Å². The SMILES string of the molecule is c1ccc(-c2nc(-c3ccccc3)nc(-c3ccc(-c4ccc5c6ccccc6n(-c6ccccc6)c5c4-c4ccc(-c5nc(-c6ccccc6)nc(-c6ccccc6)n5)cc4)cc3)n2)cc1. The molecule has 0 saturated heterocycles. The standard InChI is InChI=1S/C60H39N7/c1-6-18-42(19-7-1)55-61-56(43-20-8-2-9-21-43)64-59(63-55)46-34-30-40(31-35-46)49-38-39-51-50-28-16-17-29-52(50)67(48-26-14-5-15-27-48)54(51)53(49)41-32-36-47(37-33-41)60-65-57(44-22-10-3-11-23-44)62-58(66-60)45-24-12-4-13-25-45/h1-39H. The van der Waals surface area contributed by atoms with Crippen molar-refractivity contribution in [2.75, 3.05) is 0 Å². The summed E-state index contributed by atoms with van der Waals surface area (Å²) in [6.45, 7) is 0. The van der Waals surface area contributed by atoms with Gasteiger partial charge in [-0.1, -0.05) is 218 Å². The number of fused-ring (bicyclic) bond motifs is 3. The largest absolute Gasteiger partial charge is 0.309 e. The van der Waals surface area contributed by atoms with E-state index in [0.29, 0.717) is 34.9 Å². The molecule has 0 unspecified atom stereocenters. The molecular weight excluding hydrogens is 819 g/mol. The molecule has 0 fully saturated rings. The molecule has 0 N–H and O–H groups in total. The Morgan fingerprint density at radius 2 is 0.567 bits per heavy atom. The van der Waals surface area contributed by atoms with Crippen LogP contribution in [0.25, 0.3) is 118 Å². The van der Waals surface area contributed by atoms with Gasteiger partial charge in [0, 0.05) is 55.4 Å². The van der Waals surface area contributed by atoms with Crippen molar-refractivity contribution in [1.82, 2.24) is 34.5 Å². The highest BCUT2D eigenvalue weighted by Gasteiger charge is 2.22. The molecule has 0 bridgehead atoms. The van der Waals surface area contributed by atoms with Crippen molar-refractivity contribution in [3.63, 3.8) is 0 Å². The average molecular weight is 858 g/mol. The Balaban J connectivity index is 1.03. The minimum absolute atomic E-state index is 0.607. The summed E-state index contributed by atoms with van der Waals surface area (Å²) < 4.78 is 2.40. The topological polar surface area (TPSA) is 82.3 Å². The third kappa shape index (κ3) is 7.50. The van der Waals surface area contributed by atoms with Crippen molar-refractivity contribution in [2.24, 2.45) is 0 Å². The van der Waals surface area contributed by atoms with Crippen LogP contribution in [0.3, 0.4) is 0 Å². The van der Waals surface area contributed by atoms with E-state index in [2.05, 4.69) is 120 Å². The fraction of sp³-hybridized carbons (Fsp3) is 0. The summed E-state index contributed by atoms with van der Waals surface area (Å²) in [6, 6.07) is 81.4. The second-order valence-electron chi connectivity index (χ2n) is 16.3. The summed E-state index contributed by atoms with van der Waals surface area (Å²) in [6.07, 6.45) is 0. The Hall–Kier alpha value is -9.20. The molecule has 3 aromatic heterocycles. The van der Waals surface area contributed by atoms with Crippen LogP contribution in [0.15, 0.2) is 237 Å². The van der Waals surface area contributed by atoms with Crippen LogP contribution in [0.2, 0.25) is 0 Å². The van der Waals surface area contributed by atoms with Gasteiger partial charge in [0.25, 0.3) is 0 Å². The first kappa shape index (κ1) is 39.4. The van der Waals surface area contributed by atoms with E-state index in [1.165, 1.54) is 10.8 Å². The van der Waals surface area contributed by atoms with Gasteiger partial charge >= 0.3 is 0 Å². The summed E-state index contributed by atoms with van der Waals surface area (Å²) in [5.74, 6) is 3.73. The lowest BCUT2D eigenvalue weighted by molar-refractivity contribution is 1.07. The summed E-state index contributed by atoms with van der Waals surface area (Å²) in [7, 11) is 0. The van der Waals surface area contributed by atoms with Gasteiger partial charge in [0.15, 0.2) is 34.9 Å². The molecule has 3 heterocycles. The molecule has 12 aromatic rings. The van der Waals surface area contributed by atoms with Crippen molar-refractivity contribution in [2.45, 2.75) is 0 Å². The van der Waals surface area contributed by atoms with E-state index in [0.717, 1.165) is 72.4 Å². The second-order valence-corrected chi connectivity index (χ2v) is 16.3. The third-order valence-corrected chi connectivity index (χ3v) is 12.1. The van der Waals surface area contributed by atoms with Gasteiger partial charge < -0.3 is 4.57 Å². The first-order chi connectivity index (χ1) is 33.2. The van der Waals surface area contributed by atoms with Crippen LogP contribution in [0.1, 0.15) is 0 Å². The number of para-hydroxylation sites is 2. The fourth-order valence-corrected chi connectivity index (χ4v) is 8.90. The summed E-state index contributed by atoms with van der Waals surface area (Å²) in [5.41, 5.74) is 13.2. The Morgan fingerprint density at radius 3 is 0.985 bits per heavy atom. The minimum atomic E-state index is 0.607. The van der Waals surface area contributed by atoms with E-state index >= 15 is 0 Å². The number of nitrogens with zero attached hydrogens (tertiary/aromatic N) is 7. The fourth-order valence-electron chi connectivity index (χ4n) is 8.90. The monoisotopic (exact) mass is 857 g/mol. The highest BCUT2D eigenvalue weighted by molar-refractivity contribution is 6.16. The lowest BCUT2D eigenvalue weighted by Crippen LogP contribution is -2.00. The van der Waals surface area contributed by atoms with Crippen LogP contribution >= 0.6 is 0 Å². The van der Waals surface area contributed by atoms with Crippen LogP contribution in [-0.4, -0.2) is 34.5 Å². The highest BCUT2D eigenvalue weighted by Crippen LogP contribution is 2.44. The van der Waals surface area contributed by atoms with Gasteiger partial charge in [-0.05, 0) is 34.9 Å². The van der Waals surface area contributed by atoms with E-state index in [4.69, 9.17) is 29.9 Å². The first-order valence-electron chi connectivity index (χ1n) is 22.3. The number of benzene rings is 9. The molecule has 12 rings (SSSR count). The lowest BCUT2D eigenvalue weighted by Gasteiger charge is -2.17. The Bertz CT molecular complexity index is 3580. The summed E-state index contributed by atoms with van der Waals surface area (Å²) in [4.78, 5) is 30.0. The quantitative estimate of drug-likeness (QED) is 0.144. The number of hydrogen-bond acceptors (Lipinski definition) is 6. The molecule has 67 heavy (non-hydrogen) atoms. The first-order valence-corrected chi connectivity index (χ1v) is 22.3. The minimum Gasteiger partial charge on any atom is -0.309 e. The van der Waals surface area contributed by atoms with Crippen LogP contribution in [0, 0.1) is 0 Å². The molecule has 7 heteroatoms. The molecule has 0 aliphatic rings. The van der Waals surface area contributed by atoms with Crippen molar-refractivity contribution < 1.29 is 0 Å². The molecule has 314 valence electrons. The van der Waals surface area contributed by atoms with Gasteiger partial charge in [0.2, 0.25) is 0 Å². The molecule has 0 radical (unpaired) electrons. The molecular formula is C60H39N7. The highest BCUT2D eigenvalue weighted by atomic mass is 15.0. The van der Waals surface area contributed by atoms with E-state index in [-0.39, 0.29) is 0 Å². The normalized spacial score (nSPS) is 11.3. The van der Waals surface area contributed by atoms with Crippen LogP contribution < -0.4 is 0 Å². The zero-order valence-electron chi connectivity index (χ0n) is 36.1. The Kier molecular flexibility index (Phi) is 10.0. The predicted octanol–water partition coefficient (Wildman–Crippen LogP) is 14.5. The predicted molar refractivity (Wildman–Crippen MR) is 271 cm³/mol.